The van der Waals surface area contributed by atoms with Gasteiger partial charge in [0.1, 0.15) is 12.2 Å². The number of halogens is 2. The molecule has 0 aliphatic heterocycles. The highest BCUT2D eigenvalue weighted by molar-refractivity contribution is 5.18. The van der Waals surface area contributed by atoms with Crippen LogP contribution in [0.5, 0.6) is 0 Å². The van der Waals surface area contributed by atoms with E-state index in [-0.39, 0.29) is 6.42 Å². The van der Waals surface area contributed by atoms with Gasteiger partial charge in [0.25, 0.3) is 0 Å². The number of aliphatic hydroxyl groups excluding tert-OH is 1. The highest BCUT2D eigenvalue weighted by atomic mass is 19.2. The number of rotatable bonds is 6. The molecule has 0 radical (unpaired) electrons. The lowest BCUT2D eigenvalue weighted by molar-refractivity contribution is 0.171. The Labute approximate surface area is 116 Å². The van der Waals surface area contributed by atoms with Crippen molar-refractivity contribution < 1.29 is 13.9 Å². The predicted octanol–water partition coefficient (Wildman–Crippen LogP) is 2.11. The Morgan fingerprint density at radius 3 is 2.75 bits per heavy atom. The summed E-state index contributed by atoms with van der Waals surface area (Å²) in [4.78, 5) is 4.11. The summed E-state index contributed by atoms with van der Waals surface area (Å²) in [5.41, 5.74) is 0.554. The van der Waals surface area contributed by atoms with Crippen LogP contribution >= 0.6 is 0 Å². The van der Waals surface area contributed by atoms with E-state index < -0.39 is 17.7 Å². The van der Waals surface area contributed by atoms with Crippen LogP contribution in [0.2, 0.25) is 0 Å². The SMILES string of the molecule is CCCn1ncnc1CC(O)Cc1ccc(F)c(F)c1. The van der Waals surface area contributed by atoms with Gasteiger partial charge in [0.2, 0.25) is 0 Å². The van der Waals surface area contributed by atoms with E-state index >= 15 is 0 Å². The maximum absolute atomic E-state index is 13.1. The molecule has 0 spiro atoms. The van der Waals surface area contributed by atoms with Crippen molar-refractivity contribution in [1.29, 1.82) is 0 Å². The zero-order valence-corrected chi connectivity index (χ0v) is 11.3. The molecular weight excluding hydrogens is 264 g/mol. The lowest BCUT2D eigenvalue weighted by atomic mass is 10.1. The molecule has 0 bridgehead atoms. The van der Waals surface area contributed by atoms with E-state index in [0.717, 1.165) is 25.1 Å². The molecule has 0 aliphatic carbocycles. The van der Waals surface area contributed by atoms with Gasteiger partial charge in [-0.25, -0.2) is 13.8 Å². The number of aryl methyl sites for hydroxylation is 1. The van der Waals surface area contributed by atoms with Gasteiger partial charge >= 0.3 is 0 Å². The van der Waals surface area contributed by atoms with Crippen molar-refractivity contribution in [2.45, 2.75) is 38.8 Å². The molecule has 1 N–H and O–H groups in total. The van der Waals surface area contributed by atoms with Crippen LogP contribution in [-0.4, -0.2) is 26.0 Å². The summed E-state index contributed by atoms with van der Waals surface area (Å²) < 4.78 is 27.7. The van der Waals surface area contributed by atoms with Gasteiger partial charge in [-0.05, 0) is 30.5 Å². The second-order valence-electron chi connectivity index (χ2n) is 4.71. The van der Waals surface area contributed by atoms with Crippen molar-refractivity contribution in [3.05, 3.63) is 47.5 Å². The van der Waals surface area contributed by atoms with Gasteiger partial charge in [-0.15, -0.1) is 0 Å². The van der Waals surface area contributed by atoms with Crippen LogP contribution in [0.3, 0.4) is 0 Å². The second-order valence-corrected chi connectivity index (χ2v) is 4.71. The van der Waals surface area contributed by atoms with Crippen molar-refractivity contribution in [3.8, 4) is 0 Å². The fourth-order valence-corrected chi connectivity index (χ4v) is 2.07. The molecule has 1 aromatic carbocycles. The van der Waals surface area contributed by atoms with E-state index in [4.69, 9.17) is 0 Å². The molecule has 1 atom stereocenters. The summed E-state index contributed by atoms with van der Waals surface area (Å²) in [6.07, 6.45) is 2.25. The minimum Gasteiger partial charge on any atom is -0.392 e. The van der Waals surface area contributed by atoms with E-state index in [0.29, 0.717) is 17.8 Å². The van der Waals surface area contributed by atoms with Crippen LogP contribution in [0, 0.1) is 11.6 Å². The number of aromatic nitrogens is 3. The standard InChI is InChI=1S/C14H17F2N3O/c1-2-5-19-14(17-9-18-19)8-11(20)6-10-3-4-12(15)13(16)7-10/h3-4,7,9,11,20H,2,5-6,8H2,1H3. The maximum Gasteiger partial charge on any atom is 0.159 e. The summed E-state index contributed by atoms with van der Waals surface area (Å²) in [5, 5.41) is 14.1. The summed E-state index contributed by atoms with van der Waals surface area (Å²) in [6.45, 7) is 2.77. The second kappa shape index (κ2) is 6.56. The lowest BCUT2D eigenvalue weighted by Gasteiger charge is -2.11. The fraction of sp³-hybridized carbons (Fsp3) is 0.429. The first-order valence-electron chi connectivity index (χ1n) is 6.58. The summed E-state index contributed by atoms with van der Waals surface area (Å²) >= 11 is 0. The van der Waals surface area contributed by atoms with Crippen molar-refractivity contribution in [2.24, 2.45) is 0 Å². The van der Waals surface area contributed by atoms with Crippen molar-refractivity contribution >= 4 is 0 Å². The van der Waals surface area contributed by atoms with E-state index in [1.807, 2.05) is 6.92 Å². The van der Waals surface area contributed by atoms with E-state index in [1.54, 1.807) is 4.68 Å². The zero-order chi connectivity index (χ0) is 14.5. The van der Waals surface area contributed by atoms with E-state index in [1.165, 1.54) is 12.4 Å². The Kier molecular flexibility index (Phi) is 4.79. The summed E-state index contributed by atoms with van der Waals surface area (Å²) in [7, 11) is 0. The van der Waals surface area contributed by atoms with Gasteiger partial charge in [0.05, 0.1) is 6.10 Å². The Morgan fingerprint density at radius 2 is 2.05 bits per heavy atom. The molecule has 1 heterocycles. The van der Waals surface area contributed by atoms with Crippen LogP contribution in [0.25, 0.3) is 0 Å². The maximum atomic E-state index is 13.1. The molecule has 0 saturated carbocycles. The van der Waals surface area contributed by atoms with Gasteiger partial charge in [-0.3, -0.25) is 4.68 Å². The largest absolute Gasteiger partial charge is 0.392 e. The van der Waals surface area contributed by atoms with Crippen LogP contribution in [-0.2, 0) is 19.4 Å². The lowest BCUT2D eigenvalue weighted by Crippen LogP contribution is -2.18. The topological polar surface area (TPSA) is 50.9 Å². The molecule has 2 rings (SSSR count). The van der Waals surface area contributed by atoms with Gasteiger partial charge < -0.3 is 5.11 Å². The van der Waals surface area contributed by atoms with Crippen LogP contribution in [0.4, 0.5) is 8.78 Å². The van der Waals surface area contributed by atoms with E-state index in [2.05, 4.69) is 10.1 Å². The molecule has 20 heavy (non-hydrogen) atoms. The third-order valence-corrected chi connectivity index (χ3v) is 3.00. The predicted molar refractivity (Wildman–Crippen MR) is 70.1 cm³/mol. The van der Waals surface area contributed by atoms with Crippen LogP contribution in [0.15, 0.2) is 24.5 Å². The number of benzene rings is 1. The Morgan fingerprint density at radius 1 is 1.25 bits per heavy atom. The Balaban J connectivity index is 1.99. The molecule has 6 heteroatoms. The molecule has 108 valence electrons. The zero-order valence-electron chi connectivity index (χ0n) is 11.3. The minimum atomic E-state index is -0.899. The number of aliphatic hydroxyl groups is 1. The molecule has 4 nitrogen and oxygen atoms in total. The summed E-state index contributed by atoms with van der Waals surface area (Å²) in [6, 6.07) is 3.64. The Hall–Kier alpha value is -1.82. The number of hydrogen-bond acceptors (Lipinski definition) is 3. The molecule has 1 aromatic heterocycles. The Bertz CT molecular complexity index is 571. The van der Waals surface area contributed by atoms with Crippen molar-refractivity contribution in [2.75, 3.05) is 0 Å². The first kappa shape index (κ1) is 14.6. The quantitative estimate of drug-likeness (QED) is 0.882. The first-order chi connectivity index (χ1) is 9.60. The summed E-state index contributed by atoms with van der Waals surface area (Å²) in [5.74, 6) is -1.09. The minimum absolute atomic E-state index is 0.246. The molecular formula is C14H17F2N3O. The molecule has 2 aromatic rings. The average molecular weight is 281 g/mol. The van der Waals surface area contributed by atoms with Gasteiger partial charge in [0.15, 0.2) is 11.6 Å². The number of nitrogens with zero attached hydrogens (tertiary/aromatic N) is 3. The monoisotopic (exact) mass is 281 g/mol. The highest BCUT2D eigenvalue weighted by Crippen LogP contribution is 2.12. The molecule has 0 saturated heterocycles. The van der Waals surface area contributed by atoms with Crippen LogP contribution < -0.4 is 0 Å². The molecule has 0 fully saturated rings. The van der Waals surface area contributed by atoms with Gasteiger partial charge in [0, 0.05) is 13.0 Å². The highest BCUT2D eigenvalue weighted by Gasteiger charge is 2.13. The normalized spacial score (nSPS) is 12.6. The van der Waals surface area contributed by atoms with Gasteiger partial charge in [-0.2, -0.15) is 5.10 Å². The van der Waals surface area contributed by atoms with Crippen molar-refractivity contribution in [3.63, 3.8) is 0 Å². The third-order valence-electron chi connectivity index (χ3n) is 3.00. The molecule has 1 unspecified atom stereocenters. The van der Waals surface area contributed by atoms with E-state index in [9.17, 15) is 13.9 Å². The van der Waals surface area contributed by atoms with Gasteiger partial charge in [-0.1, -0.05) is 13.0 Å². The first-order valence-corrected chi connectivity index (χ1v) is 6.58. The molecule has 0 aliphatic rings. The number of hydrogen-bond donors (Lipinski definition) is 1. The fourth-order valence-electron chi connectivity index (χ4n) is 2.07. The van der Waals surface area contributed by atoms with Crippen molar-refractivity contribution in [1.82, 2.24) is 14.8 Å². The molecule has 0 amide bonds. The van der Waals surface area contributed by atoms with Crippen LogP contribution in [0.1, 0.15) is 24.7 Å². The third kappa shape index (κ3) is 3.60. The smallest absolute Gasteiger partial charge is 0.159 e. The average Bonchev–Trinajstić information content (AvgIpc) is 2.82.